The smallest absolute Gasteiger partial charge is 0.335 e. The Morgan fingerprint density at radius 2 is 1.67 bits per heavy atom. The van der Waals surface area contributed by atoms with Crippen LogP contribution in [-0.4, -0.2) is 30.7 Å². The Hall–Kier alpha value is -3.55. The highest BCUT2D eigenvalue weighted by atomic mass is 35.5. The van der Waals surface area contributed by atoms with Crippen LogP contribution in [0, 0.1) is 6.92 Å². The zero-order chi connectivity index (χ0) is 23.8. The van der Waals surface area contributed by atoms with E-state index in [1.165, 1.54) is 7.11 Å². The molecule has 1 amide bonds. The molecular weight excluding hydrogens is 444 g/mol. The van der Waals surface area contributed by atoms with E-state index in [0.717, 1.165) is 16.7 Å². The SMILES string of the molecule is COc1cc(CNCc2ccc(C(=O)O)cc2)c(Cl)cc1OCC(=O)Nc1ccc(C)cc1. The number of aromatic carboxylic acids is 1. The molecule has 3 aromatic carbocycles. The lowest BCUT2D eigenvalue weighted by Gasteiger charge is -2.14. The van der Waals surface area contributed by atoms with E-state index in [2.05, 4.69) is 10.6 Å². The van der Waals surface area contributed by atoms with E-state index >= 15 is 0 Å². The molecule has 0 aliphatic rings. The molecule has 0 saturated heterocycles. The Balaban J connectivity index is 1.56. The van der Waals surface area contributed by atoms with E-state index in [4.69, 9.17) is 26.2 Å². The van der Waals surface area contributed by atoms with Gasteiger partial charge in [-0.3, -0.25) is 4.79 Å². The fourth-order valence-electron chi connectivity index (χ4n) is 3.07. The summed E-state index contributed by atoms with van der Waals surface area (Å²) < 4.78 is 11.0. The predicted molar refractivity (Wildman–Crippen MR) is 127 cm³/mol. The number of hydrogen-bond donors (Lipinski definition) is 3. The van der Waals surface area contributed by atoms with Crippen LogP contribution in [-0.2, 0) is 17.9 Å². The average molecular weight is 469 g/mol. The highest BCUT2D eigenvalue weighted by Crippen LogP contribution is 2.33. The molecule has 0 fully saturated rings. The van der Waals surface area contributed by atoms with Crippen molar-refractivity contribution in [2.45, 2.75) is 20.0 Å². The summed E-state index contributed by atoms with van der Waals surface area (Å²) in [5.74, 6) is -0.417. The fourth-order valence-corrected chi connectivity index (χ4v) is 3.29. The first-order valence-corrected chi connectivity index (χ1v) is 10.6. The molecule has 0 unspecified atom stereocenters. The molecule has 3 aromatic rings. The molecule has 0 atom stereocenters. The van der Waals surface area contributed by atoms with Crippen LogP contribution >= 0.6 is 11.6 Å². The van der Waals surface area contributed by atoms with E-state index in [0.29, 0.717) is 35.3 Å². The summed E-state index contributed by atoms with van der Waals surface area (Å²) in [6.45, 7) is 2.78. The van der Waals surface area contributed by atoms with Gasteiger partial charge in [-0.2, -0.15) is 0 Å². The van der Waals surface area contributed by atoms with Crippen LogP contribution in [0.2, 0.25) is 5.02 Å². The molecule has 0 aliphatic heterocycles. The van der Waals surface area contributed by atoms with Crippen LogP contribution in [0.5, 0.6) is 11.5 Å². The number of rotatable bonds is 10. The number of hydrogen-bond acceptors (Lipinski definition) is 5. The lowest BCUT2D eigenvalue weighted by atomic mass is 10.1. The van der Waals surface area contributed by atoms with E-state index in [1.54, 1.807) is 36.4 Å². The third-order valence-electron chi connectivity index (χ3n) is 4.87. The number of amides is 1. The zero-order valence-electron chi connectivity index (χ0n) is 18.4. The second-order valence-electron chi connectivity index (χ2n) is 7.40. The van der Waals surface area contributed by atoms with Crippen molar-refractivity contribution in [3.05, 3.63) is 87.9 Å². The Bertz CT molecular complexity index is 1110. The molecular formula is C25H25ClN2O5. The average Bonchev–Trinajstić information content (AvgIpc) is 2.80. The maximum atomic E-state index is 12.2. The van der Waals surface area contributed by atoms with Gasteiger partial charge >= 0.3 is 5.97 Å². The highest BCUT2D eigenvalue weighted by molar-refractivity contribution is 6.31. The normalized spacial score (nSPS) is 10.5. The van der Waals surface area contributed by atoms with Crippen LogP contribution in [0.25, 0.3) is 0 Å². The van der Waals surface area contributed by atoms with E-state index in [1.807, 2.05) is 31.2 Å². The molecule has 0 spiro atoms. The molecule has 0 aliphatic carbocycles. The Kier molecular flexibility index (Phi) is 8.29. The molecule has 8 heteroatoms. The predicted octanol–water partition coefficient (Wildman–Crippen LogP) is 4.66. The maximum absolute atomic E-state index is 12.2. The van der Waals surface area contributed by atoms with Gasteiger partial charge in [0.25, 0.3) is 5.91 Å². The van der Waals surface area contributed by atoms with Crippen molar-refractivity contribution < 1.29 is 24.2 Å². The molecule has 0 heterocycles. The largest absolute Gasteiger partial charge is 0.493 e. The van der Waals surface area contributed by atoms with Gasteiger partial charge in [0.1, 0.15) is 0 Å². The third kappa shape index (κ3) is 6.97. The number of carbonyl (C=O) groups is 2. The van der Waals surface area contributed by atoms with Gasteiger partial charge in [-0.25, -0.2) is 4.79 Å². The first-order valence-electron chi connectivity index (χ1n) is 10.2. The standard InChI is InChI=1S/C25H25ClN2O5/c1-16-3-9-20(10-4-16)28-24(29)15-33-23-12-21(26)19(11-22(23)32-2)14-27-13-17-5-7-18(8-6-17)25(30)31/h3-12,27H,13-15H2,1-2H3,(H,28,29)(H,30,31). The molecule has 3 N–H and O–H groups in total. The summed E-state index contributed by atoms with van der Waals surface area (Å²) in [5, 5.41) is 15.5. The van der Waals surface area contributed by atoms with E-state index in [-0.39, 0.29) is 18.1 Å². The number of carbonyl (C=O) groups excluding carboxylic acids is 1. The van der Waals surface area contributed by atoms with Crippen LogP contribution in [0.1, 0.15) is 27.0 Å². The summed E-state index contributed by atoms with van der Waals surface area (Å²) >= 11 is 6.41. The van der Waals surface area contributed by atoms with Gasteiger partial charge in [0.15, 0.2) is 18.1 Å². The Morgan fingerprint density at radius 1 is 0.970 bits per heavy atom. The van der Waals surface area contributed by atoms with Gasteiger partial charge in [-0.1, -0.05) is 41.4 Å². The van der Waals surface area contributed by atoms with E-state index in [9.17, 15) is 9.59 Å². The lowest BCUT2D eigenvalue weighted by molar-refractivity contribution is -0.118. The molecule has 7 nitrogen and oxygen atoms in total. The lowest BCUT2D eigenvalue weighted by Crippen LogP contribution is -2.20. The van der Waals surface area contributed by atoms with Crippen molar-refractivity contribution in [2.75, 3.05) is 19.0 Å². The van der Waals surface area contributed by atoms with Crippen molar-refractivity contribution >= 4 is 29.2 Å². The number of methoxy groups -OCH3 is 1. The number of ether oxygens (including phenoxy) is 2. The molecule has 33 heavy (non-hydrogen) atoms. The second-order valence-corrected chi connectivity index (χ2v) is 7.81. The van der Waals surface area contributed by atoms with E-state index < -0.39 is 5.97 Å². The van der Waals surface area contributed by atoms with Crippen molar-refractivity contribution in [1.29, 1.82) is 0 Å². The Morgan fingerprint density at radius 3 is 2.30 bits per heavy atom. The van der Waals surface area contributed by atoms with Crippen LogP contribution < -0.4 is 20.1 Å². The molecule has 3 rings (SSSR count). The van der Waals surface area contributed by atoms with Crippen LogP contribution in [0.3, 0.4) is 0 Å². The molecule has 0 saturated carbocycles. The van der Waals surface area contributed by atoms with Gasteiger partial charge in [-0.05, 0) is 48.4 Å². The Labute approximate surface area is 197 Å². The number of carboxylic acids is 1. The van der Waals surface area contributed by atoms with Crippen molar-refractivity contribution in [1.82, 2.24) is 5.32 Å². The van der Waals surface area contributed by atoms with Gasteiger partial charge in [0, 0.05) is 29.9 Å². The van der Waals surface area contributed by atoms with Crippen molar-refractivity contribution in [3.63, 3.8) is 0 Å². The summed E-state index contributed by atoms with van der Waals surface area (Å²) in [5.41, 5.74) is 3.79. The maximum Gasteiger partial charge on any atom is 0.335 e. The molecule has 0 aromatic heterocycles. The summed E-state index contributed by atoms with van der Waals surface area (Å²) in [6, 6.07) is 17.5. The van der Waals surface area contributed by atoms with Crippen molar-refractivity contribution in [2.24, 2.45) is 0 Å². The monoisotopic (exact) mass is 468 g/mol. The number of aryl methyl sites for hydroxylation is 1. The minimum Gasteiger partial charge on any atom is -0.493 e. The molecule has 0 bridgehead atoms. The number of halogens is 1. The van der Waals surface area contributed by atoms with Crippen molar-refractivity contribution in [3.8, 4) is 11.5 Å². The van der Waals surface area contributed by atoms with Gasteiger partial charge < -0.3 is 25.2 Å². The number of benzene rings is 3. The summed E-state index contributed by atoms with van der Waals surface area (Å²) in [4.78, 5) is 23.1. The summed E-state index contributed by atoms with van der Waals surface area (Å²) in [7, 11) is 1.52. The third-order valence-corrected chi connectivity index (χ3v) is 5.22. The van der Waals surface area contributed by atoms with Gasteiger partial charge in [-0.15, -0.1) is 0 Å². The van der Waals surface area contributed by atoms with Crippen LogP contribution in [0.4, 0.5) is 5.69 Å². The quantitative estimate of drug-likeness (QED) is 0.400. The minimum absolute atomic E-state index is 0.190. The second kappa shape index (κ2) is 11.4. The summed E-state index contributed by atoms with van der Waals surface area (Å²) in [6.07, 6.45) is 0. The topological polar surface area (TPSA) is 96.9 Å². The number of carboxylic acid groups (broad SMARTS) is 1. The zero-order valence-corrected chi connectivity index (χ0v) is 19.1. The first kappa shape index (κ1) is 24.1. The number of nitrogens with one attached hydrogen (secondary N) is 2. The molecule has 0 radical (unpaired) electrons. The minimum atomic E-state index is -0.955. The van der Waals surface area contributed by atoms with Gasteiger partial charge in [0.05, 0.1) is 12.7 Å². The highest BCUT2D eigenvalue weighted by Gasteiger charge is 2.13. The molecule has 172 valence electrons. The van der Waals surface area contributed by atoms with Gasteiger partial charge in [0.2, 0.25) is 0 Å². The first-order chi connectivity index (χ1) is 15.9. The number of anilines is 1. The fraction of sp³-hybridized carbons (Fsp3) is 0.200. The van der Waals surface area contributed by atoms with Crippen LogP contribution in [0.15, 0.2) is 60.7 Å².